The van der Waals surface area contributed by atoms with Gasteiger partial charge in [0.2, 0.25) is 0 Å². The van der Waals surface area contributed by atoms with E-state index in [9.17, 15) is 28.5 Å². The zero-order valence-corrected chi connectivity index (χ0v) is 35.4. The Hall–Kier alpha value is -2.46. The number of aliphatic hydroxyl groups excluding tert-OH is 3. The molecule has 6 unspecified atom stereocenters. The van der Waals surface area contributed by atoms with Crippen LogP contribution in [0.5, 0.6) is 0 Å². The summed E-state index contributed by atoms with van der Waals surface area (Å²) in [6.07, 6.45) is 35.1. The number of rotatable bonds is 35. The number of esters is 1. The summed E-state index contributed by atoms with van der Waals surface area (Å²) in [6, 6.07) is 0. The lowest BCUT2D eigenvalue weighted by Gasteiger charge is -2.41. The fourth-order valence-electron chi connectivity index (χ4n) is 5.88. The Bertz CT molecular complexity index is 1280. The standard InChI is InChI=1S/C44H74O12S/c1-3-5-7-9-11-13-15-17-18-19-20-21-23-25-27-29-31-33-40(46)54-38(36-52-34-32-30-28-26-24-22-16-14-12-10-8-6-4-2)37-53-44-42(48)43(56-57(49,50)51)41(47)39(35-45)55-44/h5,7,11-14,17-18,20-21,25,27,38-39,41-45,47-48H,3-4,6,8-10,15-16,19,22-24,26,28-37H2,1-2H3,(H,49,50,51)/b7-5-,13-11-,14-12-,18-17-,21-20-,27-25-. The average Bonchev–Trinajstić information content (AvgIpc) is 3.18. The lowest BCUT2D eigenvalue weighted by molar-refractivity contribution is -0.301. The number of ether oxygens (including phenoxy) is 4. The van der Waals surface area contributed by atoms with E-state index in [-0.39, 0.29) is 19.6 Å². The molecule has 0 bridgehead atoms. The number of unbranched alkanes of at least 4 members (excludes halogenated alkanes) is 10. The fourth-order valence-corrected chi connectivity index (χ4v) is 6.39. The van der Waals surface area contributed by atoms with E-state index in [1.807, 2.05) is 6.08 Å². The Morgan fingerprint density at radius 1 is 0.684 bits per heavy atom. The lowest BCUT2D eigenvalue weighted by Crippen LogP contribution is -2.60. The molecule has 0 radical (unpaired) electrons. The van der Waals surface area contributed by atoms with Crippen LogP contribution in [0.15, 0.2) is 72.9 Å². The molecule has 13 heteroatoms. The summed E-state index contributed by atoms with van der Waals surface area (Å²) >= 11 is 0. The first-order valence-corrected chi connectivity index (χ1v) is 22.6. The highest BCUT2D eigenvalue weighted by Gasteiger charge is 2.48. The zero-order chi connectivity index (χ0) is 41.8. The third-order valence-corrected chi connectivity index (χ3v) is 9.53. The van der Waals surface area contributed by atoms with Crippen molar-refractivity contribution in [3.63, 3.8) is 0 Å². The molecular formula is C44H74O12S. The molecule has 0 aliphatic carbocycles. The molecule has 0 aromatic heterocycles. The molecule has 1 heterocycles. The molecule has 1 saturated heterocycles. The molecule has 1 aliphatic heterocycles. The maximum atomic E-state index is 12.8. The summed E-state index contributed by atoms with van der Waals surface area (Å²) in [7, 11) is -5.07. The minimum absolute atomic E-state index is 0.00488. The first-order chi connectivity index (χ1) is 27.6. The van der Waals surface area contributed by atoms with Crippen LogP contribution in [-0.2, 0) is 38.3 Å². The molecule has 0 aromatic carbocycles. The van der Waals surface area contributed by atoms with Gasteiger partial charge in [0.15, 0.2) is 6.29 Å². The van der Waals surface area contributed by atoms with Gasteiger partial charge < -0.3 is 34.3 Å². The zero-order valence-electron chi connectivity index (χ0n) is 34.6. The summed E-state index contributed by atoms with van der Waals surface area (Å²) in [6.45, 7) is 3.74. The van der Waals surface area contributed by atoms with Crippen molar-refractivity contribution in [3.8, 4) is 0 Å². The van der Waals surface area contributed by atoms with Crippen LogP contribution in [0.2, 0.25) is 0 Å². The van der Waals surface area contributed by atoms with Gasteiger partial charge in [-0.1, -0.05) is 125 Å². The Balaban J connectivity index is 2.52. The van der Waals surface area contributed by atoms with E-state index >= 15 is 0 Å². The lowest BCUT2D eigenvalue weighted by atomic mass is 9.99. The van der Waals surface area contributed by atoms with Gasteiger partial charge in [-0.2, -0.15) is 8.42 Å². The number of allylic oxidation sites excluding steroid dienone is 12. The van der Waals surface area contributed by atoms with Crippen molar-refractivity contribution in [2.24, 2.45) is 0 Å². The second-order valence-corrected chi connectivity index (χ2v) is 15.2. The Morgan fingerprint density at radius 2 is 1.21 bits per heavy atom. The fraction of sp³-hybridized carbons (Fsp3) is 0.705. The predicted octanol–water partition coefficient (Wildman–Crippen LogP) is 8.35. The van der Waals surface area contributed by atoms with Gasteiger partial charge in [-0.25, -0.2) is 4.18 Å². The maximum Gasteiger partial charge on any atom is 0.397 e. The van der Waals surface area contributed by atoms with E-state index in [2.05, 4.69) is 84.9 Å². The van der Waals surface area contributed by atoms with E-state index in [1.54, 1.807) is 0 Å². The van der Waals surface area contributed by atoms with E-state index < -0.39 is 59.8 Å². The highest BCUT2D eigenvalue weighted by Crippen LogP contribution is 2.26. The second kappa shape index (κ2) is 35.5. The molecule has 1 fully saturated rings. The van der Waals surface area contributed by atoms with Crippen LogP contribution < -0.4 is 0 Å². The van der Waals surface area contributed by atoms with Crippen molar-refractivity contribution in [2.75, 3.05) is 26.4 Å². The van der Waals surface area contributed by atoms with Crippen molar-refractivity contribution in [1.82, 2.24) is 0 Å². The normalized spacial score (nSPS) is 21.4. The van der Waals surface area contributed by atoms with Crippen LogP contribution in [0.3, 0.4) is 0 Å². The van der Waals surface area contributed by atoms with Crippen molar-refractivity contribution in [3.05, 3.63) is 72.9 Å². The van der Waals surface area contributed by atoms with Gasteiger partial charge in [0.25, 0.3) is 0 Å². The third-order valence-electron chi connectivity index (χ3n) is 9.06. The quantitative estimate of drug-likeness (QED) is 0.0208. The topological polar surface area (TPSA) is 178 Å². The number of aliphatic hydroxyl groups is 3. The minimum Gasteiger partial charge on any atom is -0.457 e. The summed E-state index contributed by atoms with van der Waals surface area (Å²) < 4.78 is 58.8. The van der Waals surface area contributed by atoms with Crippen molar-refractivity contribution in [1.29, 1.82) is 0 Å². The van der Waals surface area contributed by atoms with Crippen LogP contribution in [0.1, 0.15) is 136 Å². The minimum atomic E-state index is -5.07. The number of carbonyl (C=O) groups is 1. The molecule has 1 aliphatic rings. The average molecular weight is 827 g/mol. The van der Waals surface area contributed by atoms with Crippen molar-refractivity contribution < 1.29 is 56.2 Å². The first-order valence-electron chi connectivity index (χ1n) is 21.2. The van der Waals surface area contributed by atoms with E-state index in [4.69, 9.17) is 23.5 Å². The maximum absolute atomic E-state index is 12.8. The highest BCUT2D eigenvalue weighted by molar-refractivity contribution is 7.80. The molecule has 57 heavy (non-hydrogen) atoms. The Kier molecular flexibility index (Phi) is 32.7. The largest absolute Gasteiger partial charge is 0.457 e. The molecule has 6 atom stereocenters. The van der Waals surface area contributed by atoms with Crippen LogP contribution in [0.4, 0.5) is 0 Å². The number of hydrogen-bond acceptors (Lipinski definition) is 11. The molecule has 0 saturated carbocycles. The van der Waals surface area contributed by atoms with E-state index in [1.165, 1.54) is 38.5 Å². The van der Waals surface area contributed by atoms with Gasteiger partial charge in [0, 0.05) is 13.0 Å². The monoisotopic (exact) mass is 826 g/mol. The Morgan fingerprint density at radius 3 is 1.79 bits per heavy atom. The van der Waals surface area contributed by atoms with E-state index in [0.717, 1.165) is 64.2 Å². The second-order valence-electron chi connectivity index (χ2n) is 14.2. The van der Waals surface area contributed by atoms with Gasteiger partial charge >= 0.3 is 16.4 Å². The summed E-state index contributed by atoms with van der Waals surface area (Å²) in [5.74, 6) is -0.461. The van der Waals surface area contributed by atoms with Crippen LogP contribution in [-0.4, -0.2) is 97.5 Å². The van der Waals surface area contributed by atoms with Gasteiger partial charge in [0.05, 0.1) is 19.8 Å². The van der Waals surface area contributed by atoms with Gasteiger partial charge in [-0.05, 0) is 77.0 Å². The first kappa shape index (κ1) is 52.6. The molecule has 0 aromatic rings. The van der Waals surface area contributed by atoms with Gasteiger partial charge in [-0.3, -0.25) is 9.35 Å². The SMILES string of the molecule is CC/C=C\C/C=C\C/C=C\C/C=C\C/C=C\CCCC(=O)OC(COCCCCCCCC/C=C\CCCCC)COC1OC(CO)C(O)C(OS(=O)(=O)O)C1O. The molecule has 0 spiro atoms. The third kappa shape index (κ3) is 29.4. The molecule has 328 valence electrons. The smallest absolute Gasteiger partial charge is 0.397 e. The molecular weight excluding hydrogens is 753 g/mol. The van der Waals surface area contributed by atoms with Crippen LogP contribution >= 0.6 is 0 Å². The summed E-state index contributed by atoms with van der Waals surface area (Å²) in [4.78, 5) is 12.8. The predicted molar refractivity (Wildman–Crippen MR) is 225 cm³/mol. The van der Waals surface area contributed by atoms with Crippen LogP contribution in [0.25, 0.3) is 0 Å². The van der Waals surface area contributed by atoms with E-state index in [0.29, 0.717) is 19.4 Å². The number of hydrogen-bond donors (Lipinski definition) is 4. The Labute approximate surface area is 343 Å². The van der Waals surface area contributed by atoms with Crippen molar-refractivity contribution in [2.45, 2.75) is 173 Å². The van der Waals surface area contributed by atoms with Crippen molar-refractivity contribution >= 4 is 16.4 Å². The summed E-state index contributed by atoms with van der Waals surface area (Å²) in [5.41, 5.74) is 0. The molecule has 12 nitrogen and oxygen atoms in total. The molecule has 0 amide bonds. The molecule has 1 rings (SSSR count). The number of carbonyl (C=O) groups excluding carboxylic acids is 1. The highest BCUT2D eigenvalue weighted by atomic mass is 32.3. The van der Waals surface area contributed by atoms with Gasteiger partial charge in [-0.15, -0.1) is 0 Å². The summed E-state index contributed by atoms with van der Waals surface area (Å²) in [5, 5.41) is 30.6. The van der Waals surface area contributed by atoms with Crippen LogP contribution in [0, 0.1) is 0 Å². The molecule has 4 N–H and O–H groups in total. The van der Waals surface area contributed by atoms with Gasteiger partial charge in [0.1, 0.15) is 30.5 Å².